The first-order valence-corrected chi connectivity index (χ1v) is 7.54. The van der Waals surface area contributed by atoms with Gasteiger partial charge in [0.25, 0.3) is 0 Å². The van der Waals surface area contributed by atoms with Gasteiger partial charge >= 0.3 is 5.97 Å². The van der Waals surface area contributed by atoms with Crippen molar-refractivity contribution < 1.29 is 9.53 Å². The molecule has 2 aromatic carbocycles. The first kappa shape index (κ1) is 14.3. The predicted octanol–water partition coefficient (Wildman–Crippen LogP) is 3.54. The van der Waals surface area contributed by atoms with Crippen LogP contribution in [0.25, 0.3) is 10.1 Å². The molecule has 0 aliphatic rings. The fraction of sp³-hybridized carbons (Fsp3) is 0.0588. The van der Waals surface area contributed by atoms with Gasteiger partial charge in [0.15, 0.2) is 0 Å². The minimum atomic E-state index is -0.360. The molecular weight excluding hydrogens is 296 g/mol. The van der Waals surface area contributed by atoms with Crippen molar-refractivity contribution in [1.29, 1.82) is 5.41 Å². The van der Waals surface area contributed by atoms with Crippen LogP contribution < -0.4 is 5.73 Å². The quantitative estimate of drug-likeness (QED) is 0.439. The maximum absolute atomic E-state index is 12.1. The van der Waals surface area contributed by atoms with E-state index in [-0.39, 0.29) is 18.4 Å². The lowest BCUT2D eigenvalue weighted by molar-refractivity contribution is 0.0473. The molecule has 3 aromatic rings. The molecule has 0 unspecified atom stereocenters. The number of amidine groups is 1. The van der Waals surface area contributed by atoms with Crippen LogP contribution >= 0.6 is 11.3 Å². The molecule has 110 valence electrons. The van der Waals surface area contributed by atoms with Gasteiger partial charge in [-0.25, -0.2) is 4.79 Å². The average Bonchev–Trinajstić information content (AvgIpc) is 2.97. The minimum absolute atomic E-state index is 0.0365. The van der Waals surface area contributed by atoms with Crippen molar-refractivity contribution in [1.82, 2.24) is 0 Å². The number of rotatable bonds is 4. The molecule has 1 heterocycles. The third-order valence-corrected chi connectivity index (χ3v) is 4.38. The first-order valence-electron chi connectivity index (χ1n) is 6.72. The van der Waals surface area contributed by atoms with E-state index in [2.05, 4.69) is 0 Å². The zero-order valence-corrected chi connectivity index (χ0v) is 12.5. The van der Waals surface area contributed by atoms with Gasteiger partial charge in [-0.15, -0.1) is 11.3 Å². The number of nitrogens with two attached hydrogens (primary N) is 1. The van der Waals surface area contributed by atoms with E-state index in [1.165, 1.54) is 11.3 Å². The SMILES string of the molecule is N=C(N)c1cc2cc(C(=O)OCc3ccccc3)ccc2s1. The van der Waals surface area contributed by atoms with Gasteiger partial charge in [0.2, 0.25) is 0 Å². The number of esters is 1. The van der Waals surface area contributed by atoms with Crippen LogP contribution in [-0.4, -0.2) is 11.8 Å². The summed E-state index contributed by atoms with van der Waals surface area (Å²) in [4.78, 5) is 12.8. The topological polar surface area (TPSA) is 76.2 Å². The second kappa shape index (κ2) is 5.99. The van der Waals surface area contributed by atoms with Crippen molar-refractivity contribution in [3.63, 3.8) is 0 Å². The van der Waals surface area contributed by atoms with Crippen LogP contribution in [0.2, 0.25) is 0 Å². The molecular formula is C17H14N2O2S. The Hall–Kier alpha value is -2.66. The van der Waals surface area contributed by atoms with Crippen LogP contribution in [0.3, 0.4) is 0 Å². The molecule has 0 aliphatic heterocycles. The fourth-order valence-corrected chi connectivity index (χ4v) is 3.01. The van der Waals surface area contributed by atoms with E-state index >= 15 is 0 Å². The molecule has 0 saturated heterocycles. The molecule has 1 aromatic heterocycles. The summed E-state index contributed by atoms with van der Waals surface area (Å²) in [5.41, 5.74) is 6.94. The third-order valence-electron chi connectivity index (χ3n) is 3.23. The van der Waals surface area contributed by atoms with E-state index in [0.717, 1.165) is 15.6 Å². The summed E-state index contributed by atoms with van der Waals surface area (Å²) in [6.07, 6.45) is 0. The Morgan fingerprint density at radius 3 is 2.64 bits per heavy atom. The number of fused-ring (bicyclic) bond motifs is 1. The van der Waals surface area contributed by atoms with Gasteiger partial charge in [0, 0.05) is 4.70 Å². The highest BCUT2D eigenvalue weighted by Gasteiger charge is 2.10. The fourth-order valence-electron chi connectivity index (χ4n) is 2.11. The molecule has 0 bridgehead atoms. The number of ether oxygens (including phenoxy) is 1. The van der Waals surface area contributed by atoms with E-state index in [1.807, 2.05) is 42.5 Å². The van der Waals surface area contributed by atoms with E-state index in [9.17, 15) is 4.79 Å². The van der Waals surface area contributed by atoms with Crippen LogP contribution in [0.15, 0.2) is 54.6 Å². The van der Waals surface area contributed by atoms with E-state index in [1.54, 1.807) is 12.1 Å². The molecule has 22 heavy (non-hydrogen) atoms. The van der Waals surface area contributed by atoms with Gasteiger partial charge in [-0.3, -0.25) is 5.41 Å². The summed E-state index contributed by atoms with van der Waals surface area (Å²) in [5, 5.41) is 8.36. The monoisotopic (exact) mass is 310 g/mol. The highest BCUT2D eigenvalue weighted by molar-refractivity contribution is 7.20. The molecule has 0 spiro atoms. The number of carbonyl (C=O) groups is 1. The lowest BCUT2D eigenvalue weighted by Crippen LogP contribution is -2.08. The van der Waals surface area contributed by atoms with Crippen LogP contribution in [0.5, 0.6) is 0 Å². The molecule has 0 fully saturated rings. The molecule has 3 N–H and O–H groups in total. The van der Waals surface area contributed by atoms with Gasteiger partial charge in [-0.2, -0.15) is 0 Å². The van der Waals surface area contributed by atoms with E-state index < -0.39 is 0 Å². The standard InChI is InChI=1S/C17H14N2O2S/c18-16(19)15-9-13-8-12(6-7-14(13)22-15)17(20)21-10-11-4-2-1-3-5-11/h1-9H,10H2,(H3,18,19). The second-order valence-corrected chi connectivity index (χ2v) is 5.92. The average molecular weight is 310 g/mol. The lowest BCUT2D eigenvalue weighted by atomic mass is 10.1. The Kier molecular flexibility index (Phi) is 3.89. The van der Waals surface area contributed by atoms with E-state index in [4.69, 9.17) is 15.9 Å². The molecule has 0 atom stereocenters. The Labute approximate surface area is 131 Å². The van der Waals surface area contributed by atoms with Gasteiger partial charge in [0.1, 0.15) is 12.4 Å². The van der Waals surface area contributed by atoms with Crippen molar-refractivity contribution >= 4 is 33.2 Å². The van der Waals surface area contributed by atoms with Gasteiger partial charge in [0.05, 0.1) is 10.4 Å². The molecule has 5 heteroatoms. The molecule has 0 radical (unpaired) electrons. The number of carbonyl (C=O) groups excluding carboxylic acids is 1. The van der Waals surface area contributed by atoms with Crippen molar-refractivity contribution in [3.8, 4) is 0 Å². The highest BCUT2D eigenvalue weighted by Crippen LogP contribution is 2.26. The Bertz CT molecular complexity index is 840. The van der Waals surface area contributed by atoms with Gasteiger partial charge in [-0.1, -0.05) is 30.3 Å². The van der Waals surface area contributed by atoms with Gasteiger partial charge < -0.3 is 10.5 Å². The van der Waals surface area contributed by atoms with Crippen LogP contribution in [-0.2, 0) is 11.3 Å². The van der Waals surface area contributed by atoms with Crippen LogP contribution in [0, 0.1) is 5.41 Å². The number of nitrogens with one attached hydrogen (secondary N) is 1. The second-order valence-electron chi connectivity index (χ2n) is 4.84. The smallest absolute Gasteiger partial charge is 0.338 e. The summed E-state index contributed by atoms with van der Waals surface area (Å²) in [5.74, 6) is -0.323. The summed E-state index contributed by atoms with van der Waals surface area (Å²) < 4.78 is 6.31. The maximum atomic E-state index is 12.1. The van der Waals surface area contributed by atoms with Crippen molar-refractivity contribution in [2.24, 2.45) is 5.73 Å². The molecule has 0 aliphatic carbocycles. The summed E-state index contributed by atoms with van der Waals surface area (Å²) in [7, 11) is 0. The van der Waals surface area contributed by atoms with Crippen molar-refractivity contribution in [2.45, 2.75) is 6.61 Å². The molecule has 4 nitrogen and oxygen atoms in total. The highest BCUT2D eigenvalue weighted by atomic mass is 32.1. The Morgan fingerprint density at radius 2 is 1.91 bits per heavy atom. The molecule has 0 amide bonds. The zero-order chi connectivity index (χ0) is 15.5. The number of hydrogen-bond acceptors (Lipinski definition) is 4. The number of benzene rings is 2. The largest absolute Gasteiger partial charge is 0.457 e. The third kappa shape index (κ3) is 2.99. The van der Waals surface area contributed by atoms with Crippen LogP contribution in [0.1, 0.15) is 20.8 Å². The number of hydrogen-bond donors (Lipinski definition) is 2. The normalized spacial score (nSPS) is 10.5. The molecule has 3 rings (SSSR count). The number of nitrogen functional groups attached to an aromatic ring is 1. The summed E-state index contributed by atoms with van der Waals surface area (Å²) in [6.45, 7) is 0.250. The van der Waals surface area contributed by atoms with Crippen molar-refractivity contribution in [3.05, 3.63) is 70.6 Å². The Morgan fingerprint density at radius 1 is 1.14 bits per heavy atom. The van der Waals surface area contributed by atoms with Crippen LogP contribution in [0.4, 0.5) is 0 Å². The minimum Gasteiger partial charge on any atom is -0.457 e. The van der Waals surface area contributed by atoms with E-state index in [0.29, 0.717) is 10.4 Å². The van der Waals surface area contributed by atoms with Gasteiger partial charge in [-0.05, 0) is 35.2 Å². The maximum Gasteiger partial charge on any atom is 0.338 e. The summed E-state index contributed by atoms with van der Waals surface area (Å²) >= 11 is 1.43. The summed E-state index contributed by atoms with van der Waals surface area (Å²) in [6, 6.07) is 16.7. The zero-order valence-electron chi connectivity index (χ0n) is 11.7. The van der Waals surface area contributed by atoms with Crippen molar-refractivity contribution in [2.75, 3.05) is 0 Å². The lowest BCUT2D eigenvalue weighted by Gasteiger charge is -2.05. The first-order chi connectivity index (χ1) is 10.6. The Balaban J connectivity index is 1.77. The number of thiophene rings is 1. The predicted molar refractivity (Wildman–Crippen MR) is 88.4 cm³/mol. The molecule has 0 saturated carbocycles.